The lowest BCUT2D eigenvalue weighted by atomic mass is 9.96. The highest BCUT2D eigenvalue weighted by molar-refractivity contribution is 6.04. The molecule has 140 valence electrons. The molecule has 1 N–H and O–H groups in total. The minimum Gasteiger partial charge on any atom is -0.490 e. The van der Waals surface area contributed by atoms with E-state index in [-0.39, 0.29) is 5.91 Å². The molecule has 6 heteroatoms. The van der Waals surface area contributed by atoms with Crippen LogP contribution >= 0.6 is 0 Å². The van der Waals surface area contributed by atoms with E-state index in [0.717, 1.165) is 18.7 Å². The van der Waals surface area contributed by atoms with Gasteiger partial charge in [0.05, 0.1) is 25.5 Å². The molecule has 26 heavy (non-hydrogen) atoms. The average Bonchev–Trinajstić information content (AvgIpc) is 3.12. The lowest BCUT2D eigenvalue weighted by Gasteiger charge is -2.24. The van der Waals surface area contributed by atoms with Crippen molar-refractivity contribution in [2.45, 2.75) is 52.0 Å². The number of rotatable bonds is 7. The van der Waals surface area contributed by atoms with Crippen molar-refractivity contribution < 1.29 is 14.3 Å². The Balaban J connectivity index is 1.76. The van der Waals surface area contributed by atoms with Crippen LogP contribution in [0.4, 0.5) is 5.82 Å². The van der Waals surface area contributed by atoms with Crippen molar-refractivity contribution in [1.82, 2.24) is 9.78 Å². The predicted molar refractivity (Wildman–Crippen MR) is 101 cm³/mol. The molecule has 0 unspecified atom stereocenters. The van der Waals surface area contributed by atoms with Gasteiger partial charge in [0.25, 0.3) is 5.91 Å². The molecule has 6 nitrogen and oxygen atoms in total. The Morgan fingerprint density at radius 1 is 1.12 bits per heavy atom. The monoisotopic (exact) mass is 357 g/mol. The van der Waals surface area contributed by atoms with Gasteiger partial charge in [-0.3, -0.25) is 4.79 Å². The van der Waals surface area contributed by atoms with Crippen molar-refractivity contribution in [2.75, 3.05) is 18.5 Å². The molecule has 0 saturated heterocycles. The van der Waals surface area contributed by atoms with Crippen LogP contribution in [-0.2, 0) is 0 Å². The smallest absolute Gasteiger partial charge is 0.256 e. The molecule has 0 bridgehead atoms. The Bertz CT molecular complexity index is 736. The second-order valence-corrected chi connectivity index (χ2v) is 6.43. The summed E-state index contributed by atoms with van der Waals surface area (Å²) in [6.45, 7) is 4.89. The largest absolute Gasteiger partial charge is 0.490 e. The van der Waals surface area contributed by atoms with Gasteiger partial charge in [-0.15, -0.1) is 0 Å². The molecule has 0 aliphatic heterocycles. The Kier molecular flexibility index (Phi) is 6.15. The minimum absolute atomic E-state index is 0.174. The van der Waals surface area contributed by atoms with Gasteiger partial charge in [-0.25, -0.2) is 4.68 Å². The number of ether oxygens (including phenoxy) is 2. The van der Waals surface area contributed by atoms with E-state index in [0.29, 0.717) is 36.3 Å². The Labute approximate surface area is 154 Å². The number of hydrogen-bond donors (Lipinski definition) is 1. The molecule has 0 spiro atoms. The Morgan fingerprint density at radius 2 is 1.85 bits per heavy atom. The summed E-state index contributed by atoms with van der Waals surface area (Å²) in [5.74, 6) is 1.81. The summed E-state index contributed by atoms with van der Waals surface area (Å²) in [5.41, 5.74) is 0.535. The zero-order valence-corrected chi connectivity index (χ0v) is 15.5. The molecule has 1 heterocycles. The number of carbonyl (C=O) groups excluding carboxylic acids is 1. The topological polar surface area (TPSA) is 65.4 Å². The zero-order valence-electron chi connectivity index (χ0n) is 15.5. The first-order valence-corrected chi connectivity index (χ1v) is 9.47. The number of amides is 1. The molecule has 1 amide bonds. The molecule has 0 atom stereocenters. The van der Waals surface area contributed by atoms with E-state index >= 15 is 0 Å². The van der Waals surface area contributed by atoms with E-state index in [1.165, 1.54) is 19.3 Å². The van der Waals surface area contributed by atoms with Crippen LogP contribution in [0.3, 0.4) is 0 Å². The molecule has 1 aromatic heterocycles. The number of anilines is 1. The maximum absolute atomic E-state index is 12.7. The summed E-state index contributed by atoms with van der Waals surface area (Å²) in [7, 11) is 0. The van der Waals surface area contributed by atoms with Gasteiger partial charge in [0, 0.05) is 11.6 Å². The fraction of sp³-hybridized carbons (Fsp3) is 0.500. The zero-order chi connectivity index (χ0) is 18.4. The molecular weight excluding hydrogens is 330 g/mol. The summed E-state index contributed by atoms with van der Waals surface area (Å²) >= 11 is 0. The molecule has 1 aliphatic carbocycles. The quantitative estimate of drug-likeness (QED) is 0.796. The highest BCUT2D eigenvalue weighted by Gasteiger charge is 2.20. The van der Waals surface area contributed by atoms with Crippen LogP contribution in [0.2, 0.25) is 0 Å². The van der Waals surface area contributed by atoms with Crippen LogP contribution in [-0.4, -0.2) is 28.9 Å². The molecule has 1 saturated carbocycles. The first kappa shape index (κ1) is 18.3. The molecule has 1 aliphatic rings. The summed E-state index contributed by atoms with van der Waals surface area (Å²) < 4.78 is 13.1. The van der Waals surface area contributed by atoms with Crippen molar-refractivity contribution in [3.8, 4) is 11.5 Å². The summed E-state index contributed by atoms with van der Waals surface area (Å²) in [6.07, 6.45) is 7.69. The van der Waals surface area contributed by atoms with Crippen molar-refractivity contribution in [3.63, 3.8) is 0 Å². The second kappa shape index (κ2) is 8.74. The van der Waals surface area contributed by atoms with Crippen LogP contribution in [0, 0.1) is 0 Å². The summed E-state index contributed by atoms with van der Waals surface area (Å²) in [4.78, 5) is 12.7. The maximum atomic E-state index is 12.7. The molecule has 1 aromatic carbocycles. The third-order valence-corrected chi connectivity index (χ3v) is 4.64. The lowest BCUT2D eigenvalue weighted by molar-refractivity contribution is 0.102. The Hall–Kier alpha value is -2.50. The van der Waals surface area contributed by atoms with Crippen molar-refractivity contribution in [1.29, 1.82) is 0 Å². The van der Waals surface area contributed by atoms with Gasteiger partial charge >= 0.3 is 0 Å². The number of carbonyl (C=O) groups is 1. The van der Waals surface area contributed by atoms with E-state index in [4.69, 9.17) is 9.47 Å². The van der Waals surface area contributed by atoms with Crippen LogP contribution in [0.15, 0.2) is 30.5 Å². The number of nitrogens with zero attached hydrogens (tertiary/aromatic N) is 2. The first-order chi connectivity index (χ1) is 12.7. The third-order valence-electron chi connectivity index (χ3n) is 4.64. The van der Waals surface area contributed by atoms with Crippen molar-refractivity contribution >= 4 is 11.7 Å². The Morgan fingerprint density at radius 3 is 2.58 bits per heavy atom. The van der Waals surface area contributed by atoms with E-state index in [1.54, 1.807) is 24.4 Å². The van der Waals surface area contributed by atoms with Crippen LogP contribution in [0.1, 0.15) is 62.4 Å². The highest BCUT2D eigenvalue weighted by atomic mass is 16.5. The SMILES string of the molecule is CCOc1ccc(C(=O)Nc2ccnn2C2CCCCC2)cc1OCC. The second-order valence-electron chi connectivity index (χ2n) is 6.43. The van der Waals surface area contributed by atoms with Crippen molar-refractivity contribution in [2.24, 2.45) is 0 Å². The van der Waals surface area contributed by atoms with E-state index in [2.05, 4.69) is 10.4 Å². The molecule has 1 fully saturated rings. The molecule has 0 radical (unpaired) electrons. The summed E-state index contributed by atoms with van der Waals surface area (Å²) in [6, 6.07) is 7.48. The fourth-order valence-corrected chi connectivity index (χ4v) is 3.41. The first-order valence-electron chi connectivity index (χ1n) is 9.47. The van der Waals surface area contributed by atoms with E-state index in [9.17, 15) is 4.79 Å². The molecule has 3 rings (SSSR count). The van der Waals surface area contributed by atoms with Crippen molar-refractivity contribution in [3.05, 3.63) is 36.0 Å². The van der Waals surface area contributed by atoms with E-state index in [1.807, 2.05) is 24.6 Å². The average molecular weight is 357 g/mol. The molecular formula is C20H27N3O3. The van der Waals surface area contributed by atoms with Gasteiger partial charge in [-0.2, -0.15) is 5.10 Å². The number of hydrogen-bond acceptors (Lipinski definition) is 4. The van der Waals surface area contributed by atoms with Gasteiger partial charge in [0.15, 0.2) is 11.5 Å². The van der Waals surface area contributed by atoms with Crippen LogP contribution in [0.25, 0.3) is 0 Å². The maximum Gasteiger partial charge on any atom is 0.256 e. The molecule has 2 aromatic rings. The lowest BCUT2D eigenvalue weighted by Crippen LogP contribution is -2.20. The van der Waals surface area contributed by atoms with Gasteiger partial charge in [0.2, 0.25) is 0 Å². The standard InChI is InChI=1S/C20H27N3O3/c1-3-25-17-11-10-15(14-18(17)26-4-2)20(24)22-19-12-13-21-23(19)16-8-6-5-7-9-16/h10-14,16H,3-9H2,1-2H3,(H,22,24). The van der Waals surface area contributed by atoms with Crippen LogP contribution in [0.5, 0.6) is 11.5 Å². The van der Waals surface area contributed by atoms with Gasteiger partial charge < -0.3 is 14.8 Å². The minimum atomic E-state index is -0.174. The van der Waals surface area contributed by atoms with Gasteiger partial charge in [-0.1, -0.05) is 19.3 Å². The fourth-order valence-electron chi connectivity index (χ4n) is 3.41. The normalized spacial score (nSPS) is 14.8. The number of nitrogens with one attached hydrogen (secondary N) is 1. The number of aromatic nitrogens is 2. The highest BCUT2D eigenvalue weighted by Crippen LogP contribution is 2.31. The van der Waals surface area contributed by atoms with E-state index < -0.39 is 0 Å². The predicted octanol–water partition coefficient (Wildman–Crippen LogP) is 4.44. The van der Waals surface area contributed by atoms with Gasteiger partial charge in [-0.05, 0) is 44.9 Å². The number of benzene rings is 1. The summed E-state index contributed by atoms with van der Waals surface area (Å²) in [5, 5.41) is 7.42. The van der Waals surface area contributed by atoms with Crippen LogP contribution < -0.4 is 14.8 Å². The third kappa shape index (κ3) is 4.18. The van der Waals surface area contributed by atoms with Gasteiger partial charge in [0.1, 0.15) is 5.82 Å².